The number of nitrogens with one attached hydrogen (secondary N) is 1. The van der Waals surface area contributed by atoms with Crippen LogP contribution in [0.1, 0.15) is 5.01 Å². The lowest BCUT2D eigenvalue weighted by molar-refractivity contribution is -0.383. The number of fused-ring (bicyclic) bond motifs is 1. The van der Waals surface area contributed by atoms with E-state index in [0.29, 0.717) is 10.2 Å². The molecule has 8 heteroatoms. The average Bonchev–Trinajstić information content (AvgIpc) is 2.63. The van der Waals surface area contributed by atoms with Crippen LogP contribution in [0.4, 0.5) is 20.2 Å². The molecule has 0 amide bonds. The van der Waals surface area contributed by atoms with E-state index < -0.39 is 17.9 Å². The maximum absolute atomic E-state index is 12.1. The molecule has 18 heavy (non-hydrogen) atoms. The van der Waals surface area contributed by atoms with Gasteiger partial charge in [-0.15, -0.1) is 11.3 Å². The van der Waals surface area contributed by atoms with Crippen molar-refractivity contribution in [2.24, 2.45) is 0 Å². The number of hydrogen-bond acceptors (Lipinski definition) is 5. The van der Waals surface area contributed by atoms with Crippen LogP contribution in [0.15, 0.2) is 12.1 Å². The molecule has 5 nitrogen and oxygen atoms in total. The predicted molar refractivity (Wildman–Crippen MR) is 65.5 cm³/mol. The molecule has 1 N–H and O–H groups in total. The van der Waals surface area contributed by atoms with Crippen LogP contribution in [0.2, 0.25) is 0 Å². The summed E-state index contributed by atoms with van der Waals surface area (Å²) in [6, 6.07) is 2.78. The second-order valence-corrected chi connectivity index (χ2v) is 4.83. The third-order valence-corrected chi connectivity index (χ3v) is 3.19. The standard InChI is InChI=1S/C10H9F2N3O2S/c1-5-14-7-2-6(13-4-10(11)12)8(15(16)17)3-9(7)18-5/h2-3,10,13H,4H2,1H3. The lowest BCUT2D eigenvalue weighted by atomic mass is 10.2. The number of rotatable bonds is 4. The molecular formula is C10H9F2N3O2S. The van der Waals surface area contributed by atoms with Crippen LogP contribution in [0.3, 0.4) is 0 Å². The molecule has 0 atom stereocenters. The second kappa shape index (κ2) is 4.81. The minimum Gasteiger partial charge on any atom is -0.374 e. The summed E-state index contributed by atoms with van der Waals surface area (Å²) < 4.78 is 24.9. The fourth-order valence-electron chi connectivity index (χ4n) is 1.56. The maximum atomic E-state index is 12.1. The molecule has 0 unspecified atom stereocenters. The van der Waals surface area contributed by atoms with Crippen LogP contribution in [0.25, 0.3) is 10.2 Å². The van der Waals surface area contributed by atoms with Crippen LogP contribution in [0, 0.1) is 17.0 Å². The van der Waals surface area contributed by atoms with Crippen molar-refractivity contribution in [3.05, 3.63) is 27.3 Å². The van der Waals surface area contributed by atoms with Crippen molar-refractivity contribution in [1.82, 2.24) is 4.98 Å². The monoisotopic (exact) mass is 273 g/mol. The van der Waals surface area contributed by atoms with Crippen LogP contribution in [-0.2, 0) is 0 Å². The van der Waals surface area contributed by atoms with E-state index in [0.717, 1.165) is 5.01 Å². The molecule has 1 heterocycles. The Kier molecular flexibility index (Phi) is 3.37. The van der Waals surface area contributed by atoms with Crippen LogP contribution < -0.4 is 5.32 Å². The van der Waals surface area contributed by atoms with Crippen molar-refractivity contribution in [3.8, 4) is 0 Å². The van der Waals surface area contributed by atoms with Gasteiger partial charge in [-0.25, -0.2) is 13.8 Å². The fourth-order valence-corrected chi connectivity index (χ4v) is 2.40. The van der Waals surface area contributed by atoms with Crippen LogP contribution in [-0.4, -0.2) is 22.9 Å². The zero-order valence-electron chi connectivity index (χ0n) is 9.31. The molecule has 0 spiro atoms. The zero-order chi connectivity index (χ0) is 13.3. The largest absolute Gasteiger partial charge is 0.374 e. The number of aromatic nitrogens is 1. The topological polar surface area (TPSA) is 68.1 Å². The van der Waals surface area contributed by atoms with Gasteiger partial charge in [0.2, 0.25) is 0 Å². The summed E-state index contributed by atoms with van der Waals surface area (Å²) in [5, 5.41) is 14.0. The van der Waals surface area contributed by atoms with Crippen LogP contribution >= 0.6 is 11.3 Å². The highest BCUT2D eigenvalue weighted by Crippen LogP contribution is 2.32. The van der Waals surface area contributed by atoms with Gasteiger partial charge in [-0.2, -0.15) is 0 Å². The van der Waals surface area contributed by atoms with E-state index in [4.69, 9.17) is 0 Å². The quantitative estimate of drug-likeness (QED) is 0.686. The fraction of sp³-hybridized carbons (Fsp3) is 0.300. The molecule has 0 aliphatic rings. The van der Waals surface area contributed by atoms with Gasteiger partial charge in [0.15, 0.2) is 0 Å². The molecule has 2 rings (SSSR count). The van der Waals surface area contributed by atoms with Crippen molar-refractivity contribution in [1.29, 1.82) is 0 Å². The second-order valence-electron chi connectivity index (χ2n) is 3.60. The Labute approximate surface area is 105 Å². The molecule has 0 fully saturated rings. The number of halogens is 2. The Hall–Kier alpha value is -1.83. The van der Waals surface area contributed by atoms with Crippen molar-refractivity contribution in [2.45, 2.75) is 13.3 Å². The van der Waals surface area contributed by atoms with Crippen molar-refractivity contribution in [3.63, 3.8) is 0 Å². The number of anilines is 1. The average molecular weight is 273 g/mol. The van der Waals surface area contributed by atoms with Gasteiger partial charge < -0.3 is 5.32 Å². The zero-order valence-corrected chi connectivity index (χ0v) is 10.1. The summed E-state index contributed by atoms with van der Waals surface area (Å²) in [5.41, 5.74) is 0.421. The summed E-state index contributed by atoms with van der Waals surface area (Å²) in [7, 11) is 0. The summed E-state index contributed by atoms with van der Waals surface area (Å²) >= 11 is 1.33. The van der Waals surface area contributed by atoms with Gasteiger partial charge in [-0.05, 0) is 13.0 Å². The van der Waals surface area contributed by atoms with Gasteiger partial charge in [0.25, 0.3) is 12.1 Å². The van der Waals surface area contributed by atoms with Gasteiger partial charge in [-0.3, -0.25) is 10.1 Å². The molecule has 0 saturated carbocycles. The van der Waals surface area contributed by atoms with Crippen molar-refractivity contribution >= 4 is 32.9 Å². The van der Waals surface area contributed by atoms with Crippen molar-refractivity contribution < 1.29 is 13.7 Å². The summed E-state index contributed by atoms with van der Waals surface area (Å²) in [5.74, 6) is 0. The number of benzene rings is 1. The third-order valence-electron chi connectivity index (χ3n) is 2.26. The SMILES string of the molecule is Cc1nc2cc(NCC(F)F)c([N+](=O)[O-])cc2s1. The minimum atomic E-state index is -2.57. The van der Waals surface area contributed by atoms with E-state index in [2.05, 4.69) is 10.3 Å². The first kappa shape index (κ1) is 12.6. The molecule has 1 aromatic heterocycles. The minimum absolute atomic E-state index is 0.0677. The lowest BCUT2D eigenvalue weighted by Gasteiger charge is -2.06. The Morgan fingerprint density at radius 3 is 2.89 bits per heavy atom. The number of alkyl halides is 2. The number of hydrogen-bond donors (Lipinski definition) is 1. The van der Waals surface area contributed by atoms with Crippen molar-refractivity contribution in [2.75, 3.05) is 11.9 Å². The molecule has 2 aromatic rings. The number of nitro groups is 1. The molecule has 0 aliphatic carbocycles. The molecule has 0 aliphatic heterocycles. The molecule has 0 radical (unpaired) electrons. The number of nitrogens with zero attached hydrogens (tertiary/aromatic N) is 2. The highest BCUT2D eigenvalue weighted by Gasteiger charge is 2.17. The van der Waals surface area contributed by atoms with Crippen LogP contribution in [0.5, 0.6) is 0 Å². The van der Waals surface area contributed by atoms with E-state index >= 15 is 0 Å². The van der Waals surface area contributed by atoms with Gasteiger partial charge in [0, 0.05) is 6.07 Å². The van der Waals surface area contributed by atoms with E-state index in [1.165, 1.54) is 23.5 Å². The van der Waals surface area contributed by atoms with E-state index in [1.807, 2.05) is 0 Å². The number of aryl methyl sites for hydroxylation is 1. The Morgan fingerprint density at radius 1 is 1.56 bits per heavy atom. The predicted octanol–water partition coefficient (Wildman–Crippen LogP) is 3.19. The first-order valence-corrected chi connectivity index (χ1v) is 5.86. The maximum Gasteiger partial charge on any atom is 0.293 e. The first-order valence-electron chi connectivity index (χ1n) is 5.05. The molecule has 0 bridgehead atoms. The van der Waals surface area contributed by atoms with Gasteiger partial charge in [-0.1, -0.05) is 0 Å². The molecule has 0 saturated heterocycles. The molecular weight excluding hydrogens is 264 g/mol. The molecule has 1 aromatic carbocycles. The smallest absolute Gasteiger partial charge is 0.293 e. The Balaban J connectivity index is 2.47. The Bertz CT molecular complexity index is 600. The summed E-state index contributed by atoms with van der Waals surface area (Å²) in [6.07, 6.45) is -2.57. The summed E-state index contributed by atoms with van der Waals surface area (Å²) in [6.45, 7) is 1.15. The first-order chi connectivity index (χ1) is 8.47. The highest BCUT2D eigenvalue weighted by molar-refractivity contribution is 7.18. The third kappa shape index (κ3) is 2.53. The number of thiazole rings is 1. The van der Waals surface area contributed by atoms with E-state index in [1.54, 1.807) is 6.92 Å². The molecule has 96 valence electrons. The van der Waals surface area contributed by atoms with E-state index in [-0.39, 0.29) is 11.4 Å². The normalized spacial score (nSPS) is 11.1. The van der Waals surface area contributed by atoms with Gasteiger partial charge >= 0.3 is 0 Å². The van der Waals surface area contributed by atoms with E-state index in [9.17, 15) is 18.9 Å². The summed E-state index contributed by atoms with van der Waals surface area (Å²) in [4.78, 5) is 14.5. The Morgan fingerprint density at radius 2 is 2.28 bits per heavy atom. The van der Waals surface area contributed by atoms with Gasteiger partial charge in [0.05, 0.1) is 26.7 Å². The van der Waals surface area contributed by atoms with Gasteiger partial charge in [0.1, 0.15) is 5.69 Å². The highest BCUT2D eigenvalue weighted by atomic mass is 32.1. The lowest BCUT2D eigenvalue weighted by Crippen LogP contribution is -2.11. The number of nitro benzene ring substituents is 1.